The van der Waals surface area contributed by atoms with Gasteiger partial charge < -0.3 is 20.2 Å². The third kappa shape index (κ3) is 3.30. The summed E-state index contributed by atoms with van der Waals surface area (Å²) in [6, 6.07) is 7.78. The van der Waals surface area contributed by atoms with Gasteiger partial charge in [-0.15, -0.1) is 0 Å². The lowest BCUT2D eigenvalue weighted by Gasteiger charge is -2.09. The molecule has 1 aromatic carbocycles. The first-order valence-electron chi connectivity index (χ1n) is 6.76. The summed E-state index contributed by atoms with van der Waals surface area (Å²) >= 11 is 0. The Bertz CT molecular complexity index is 602. The van der Waals surface area contributed by atoms with Crippen molar-refractivity contribution in [3.05, 3.63) is 36.0 Å². The van der Waals surface area contributed by atoms with E-state index in [1.54, 1.807) is 0 Å². The summed E-state index contributed by atoms with van der Waals surface area (Å²) in [6.07, 6.45) is 2.03. The van der Waals surface area contributed by atoms with Gasteiger partial charge in [0.05, 0.1) is 6.61 Å². The van der Waals surface area contributed by atoms with E-state index in [-0.39, 0.29) is 5.84 Å². The third-order valence-electron chi connectivity index (χ3n) is 3.11. The minimum atomic E-state index is 0.121. The minimum Gasteiger partial charge on any atom is -0.409 e. The normalized spacial score (nSPS) is 12.4. The summed E-state index contributed by atoms with van der Waals surface area (Å²) in [5, 5.41) is 12.9. The van der Waals surface area contributed by atoms with Crippen molar-refractivity contribution < 1.29 is 9.94 Å². The fraction of sp³-hybridized carbons (Fsp3) is 0.400. The Morgan fingerprint density at radius 1 is 1.40 bits per heavy atom. The van der Waals surface area contributed by atoms with Crippen molar-refractivity contribution in [1.82, 2.24) is 4.57 Å². The highest BCUT2D eigenvalue weighted by molar-refractivity contribution is 6.00. The molecule has 0 bridgehead atoms. The molecule has 0 amide bonds. The van der Waals surface area contributed by atoms with Crippen LogP contribution in [-0.4, -0.2) is 28.8 Å². The predicted molar refractivity (Wildman–Crippen MR) is 80.1 cm³/mol. The summed E-state index contributed by atoms with van der Waals surface area (Å²) in [4.78, 5) is 0. The van der Waals surface area contributed by atoms with Gasteiger partial charge in [-0.25, -0.2) is 0 Å². The molecule has 0 radical (unpaired) electrons. The molecule has 0 saturated carbocycles. The van der Waals surface area contributed by atoms with E-state index in [9.17, 15) is 0 Å². The van der Waals surface area contributed by atoms with Crippen LogP contribution in [0.25, 0.3) is 10.9 Å². The molecule has 0 unspecified atom stereocenters. The molecule has 2 rings (SSSR count). The molecule has 0 saturated heterocycles. The van der Waals surface area contributed by atoms with Gasteiger partial charge in [-0.2, -0.15) is 0 Å². The summed E-state index contributed by atoms with van der Waals surface area (Å²) in [7, 11) is 0. The lowest BCUT2D eigenvalue weighted by molar-refractivity contribution is 0.104. The zero-order valence-electron chi connectivity index (χ0n) is 11.9. The van der Waals surface area contributed by atoms with Crippen molar-refractivity contribution in [2.75, 3.05) is 13.2 Å². The molecule has 2 aromatic rings. The quantitative estimate of drug-likeness (QED) is 0.279. The Hall–Kier alpha value is -2.01. The second kappa shape index (κ2) is 6.43. The van der Waals surface area contributed by atoms with E-state index in [1.807, 2.05) is 30.5 Å². The summed E-state index contributed by atoms with van der Waals surface area (Å²) in [5.74, 6) is 0.666. The van der Waals surface area contributed by atoms with Crippen LogP contribution in [0.5, 0.6) is 0 Å². The number of ether oxygens (including phenoxy) is 1. The fourth-order valence-electron chi connectivity index (χ4n) is 2.08. The average Bonchev–Trinajstić information content (AvgIpc) is 2.85. The third-order valence-corrected chi connectivity index (χ3v) is 3.11. The molecule has 5 heteroatoms. The van der Waals surface area contributed by atoms with Gasteiger partial charge in [0.25, 0.3) is 0 Å². The van der Waals surface area contributed by atoms with Gasteiger partial charge in [-0.1, -0.05) is 31.1 Å². The lowest BCUT2D eigenvalue weighted by atomic mass is 10.1. The number of rotatable bonds is 6. The van der Waals surface area contributed by atoms with Crippen LogP contribution in [0.4, 0.5) is 0 Å². The predicted octanol–water partition coefficient (Wildman–Crippen LogP) is 2.41. The van der Waals surface area contributed by atoms with Gasteiger partial charge in [0.2, 0.25) is 0 Å². The molecule has 108 valence electrons. The molecule has 0 atom stereocenters. The van der Waals surface area contributed by atoms with Crippen molar-refractivity contribution >= 4 is 16.7 Å². The number of aromatic nitrogens is 1. The summed E-state index contributed by atoms with van der Waals surface area (Å²) in [5.41, 5.74) is 7.39. The summed E-state index contributed by atoms with van der Waals surface area (Å²) in [6.45, 7) is 6.50. The van der Waals surface area contributed by atoms with E-state index in [4.69, 9.17) is 15.7 Å². The molecule has 0 spiro atoms. The number of nitrogens with two attached hydrogens (primary N) is 1. The van der Waals surface area contributed by atoms with Crippen LogP contribution in [-0.2, 0) is 11.3 Å². The van der Waals surface area contributed by atoms with E-state index < -0.39 is 0 Å². The van der Waals surface area contributed by atoms with Crippen molar-refractivity contribution in [3.63, 3.8) is 0 Å². The Morgan fingerprint density at radius 3 is 2.90 bits per heavy atom. The number of benzene rings is 1. The Morgan fingerprint density at radius 2 is 2.20 bits per heavy atom. The molecular weight excluding hydrogens is 254 g/mol. The highest BCUT2D eigenvalue weighted by Crippen LogP contribution is 2.17. The molecule has 0 aliphatic carbocycles. The number of nitrogens with zero attached hydrogens (tertiary/aromatic N) is 2. The van der Waals surface area contributed by atoms with Gasteiger partial charge >= 0.3 is 0 Å². The molecule has 1 aromatic heterocycles. The van der Waals surface area contributed by atoms with Gasteiger partial charge in [-0.05, 0) is 23.4 Å². The van der Waals surface area contributed by atoms with Crippen molar-refractivity contribution in [3.8, 4) is 0 Å². The van der Waals surface area contributed by atoms with Crippen molar-refractivity contribution in [2.45, 2.75) is 20.4 Å². The van der Waals surface area contributed by atoms with Gasteiger partial charge in [0.1, 0.15) is 0 Å². The van der Waals surface area contributed by atoms with E-state index in [0.29, 0.717) is 18.1 Å². The minimum absolute atomic E-state index is 0.121. The summed E-state index contributed by atoms with van der Waals surface area (Å²) < 4.78 is 7.72. The average molecular weight is 275 g/mol. The second-order valence-electron chi connectivity index (χ2n) is 5.24. The standard InChI is InChI=1S/C15H21N3O2/c1-11(2)10-20-8-7-18-6-5-12-3-4-13(9-14(12)18)15(16)17-19/h3-6,9,11,19H,7-8,10H2,1-2H3,(H2,16,17). The molecule has 0 fully saturated rings. The van der Waals surface area contributed by atoms with Crippen molar-refractivity contribution in [1.29, 1.82) is 0 Å². The van der Waals surface area contributed by atoms with Gasteiger partial charge in [0, 0.05) is 30.4 Å². The van der Waals surface area contributed by atoms with Gasteiger partial charge in [-0.3, -0.25) is 0 Å². The Balaban J connectivity index is 2.13. The smallest absolute Gasteiger partial charge is 0.170 e. The molecule has 1 heterocycles. The first-order valence-corrected chi connectivity index (χ1v) is 6.76. The zero-order valence-corrected chi connectivity index (χ0v) is 11.9. The van der Waals surface area contributed by atoms with E-state index in [0.717, 1.165) is 24.1 Å². The maximum absolute atomic E-state index is 8.74. The maximum atomic E-state index is 8.74. The van der Waals surface area contributed by atoms with Crippen LogP contribution < -0.4 is 5.73 Å². The molecule has 3 N–H and O–H groups in total. The highest BCUT2D eigenvalue weighted by Gasteiger charge is 2.05. The second-order valence-corrected chi connectivity index (χ2v) is 5.24. The van der Waals surface area contributed by atoms with Crippen LogP contribution in [0.3, 0.4) is 0 Å². The van der Waals surface area contributed by atoms with Crippen LogP contribution in [0.2, 0.25) is 0 Å². The van der Waals surface area contributed by atoms with Gasteiger partial charge in [0.15, 0.2) is 5.84 Å². The zero-order chi connectivity index (χ0) is 14.5. The Labute approximate surface area is 118 Å². The SMILES string of the molecule is CC(C)COCCn1ccc2ccc(/C(N)=N/O)cc21. The number of hydrogen-bond donors (Lipinski definition) is 2. The van der Waals surface area contributed by atoms with Crippen LogP contribution >= 0.6 is 0 Å². The maximum Gasteiger partial charge on any atom is 0.170 e. The van der Waals surface area contributed by atoms with Crippen LogP contribution in [0.1, 0.15) is 19.4 Å². The molecular formula is C15H21N3O2. The first-order chi connectivity index (χ1) is 9.61. The van der Waals surface area contributed by atoms with Crippen LogP contribution in [0, 0.1) is 5.92 Å². The molecule has 5 nitrogen and oxygen atoms in total. The number of hydrogen-bond acceptors (Lipinski definition) is 3. The monoisotopic (exact) mass is 275 g/mol. The highest BCUT2D eigenvalue weighted by atomic mass is 16.5. The molecule has 20 heavy (non-hydrogen) atoms. The largest absolute Gasteiger partial charge is 0.409 e. The Kier molecular flexibility index (Phi) is 4.63. The fourth-order valence-corrected chi connectivity index (χ4v) is 2.08. The lowest BCUT2D eigenvalue weighted by Crippen LogP contribution is -2.13. The molecule has 0 aliphatic heterocycles. The van der Waals surface area contributed by atoms with Crippen molar-refractivity contribution in [2.24, 2.45) is 16.8 Å². The van der Waals surface area contributed by atoms with E-state index in [1.165, 1.54) is 0 Å². The first kappa shape index (κ1) is 14.4. The number of fused-ring (bicyclic) bond motifs is 1. The van der Waals surface area contributed by atoms with Crippen LogP contribution in [0.15, 0.2) is 35.6 Å². The topological polar surface area (TPSA) is 72.8 Å². The number of oxime groups is 1. The van der Waals surface area contributed by atoms with E-state index in [2.05, 4.69) is 23.6 Å². The van der Waals surface area contributed by atoms with E-state index >= 15 is 0 Å². The molecule has 0 aliphatic rings. The number of amidine groups is 1.